The summed E-state index contributed by atoms with van der Waals surface area (Å²) in [6.07, 6.45) is -4.08. The van der Waals surface area contributed by atoms with Crippen LogP contribution >= 0.6 is 0 Å². The average Bonchev–Trinajstić information content (AvgIpc) is 2.85. The first-order chi connectivity index (χ1) is 11.3. The summed E-state index contributed by atoms with van der Waals surface area (Å²) in [5.74, 6) is -1.33. The molecule has 1 aliphatic heterocycles. The lowest BCUT2D eigenvalue weighted by Gasteiger charge is -2.24. The molecular formula is C15H11F4N3O2. The Morgan fingerprint density at radius 1 is 1.25 bits per heavy atom. The summed E-state index contributed by atoms with van der Waals surface area (Å²) in [5.41, 5.74) is -1.91. The molecule has 1 N–H and O–H groups in total. The summed E-state index contributed by atoms with van der Waals surface area (Å²) in [4.78, 5) is 19.6. The maximum Gasteiger partial charge on any atom is 0.435 e. The SMILES string of the molecule is O=C1CCC(O)N1c1ccc(-c2cncc(F)c2)nc1C(F)(F)F. The van der Waals surface area contributed by atoms with E-state index in [-0.39, 0.29) is 24.1 Å². The fourth-order valence-electron chi connectivity index (χ4n) is 2.53. The number of aliphatic hydroxyl groups excluding tert-OH is 1. The van der Waals surface area contributed by atoms with Crippen LogP contribution in [0, 0.1) is 5.82 Å². The Kier molecular flexibility index (Phi) is 3.96. The van der Waals surface area contributed by atoms with Crippen LogP contribution in [-0.4, -0.2) is 27.2 Å². The minimum absolute atomic E-state index is 0.0473. The number of anilines is 1. The molecule has 24 heavy (non-hydrogen) atoms. The number of carbonyl (C=O) groups excluding carboxylic acids is 1. The van der Waals surface area contributed by atoms with Gasteiger partial charge in [0.25, 0.3) is 0 Å². The minimum Gasteiger partial charge on any atom is -0.373 e. The molecule has 1 amide bonds. The molecule has 3 heterocycles. The van der Waals surface area contributed by atoms with E-state index in [9.17, 15) is 27.5 Å². The summed E-state index contributed by atoms with van der Waals surface area (Å²) >= 11 is 0. The van der Waals surface area contributed by atoms with Crippen molar-refractivity contribution in [3.05, 3.63) is 42.1 Å². The van der Waals surface area contributed by atoms with E-state index in [1.54, 1.807) is 0 Å². The van der Waals surface area contributed by atoms with Gasteiger partial charge in [-0.1, -0.05) is 0 Å². The molecule has 2 aromatic heterocycles. The van der Waals surface area contributed by atoms with Crippen molar-refractivity contribution in [1.82, 2.24) is 9.97 Å². The predicted molar refractivity (Wildman–Crippen MR) is 75.2 cm³/mol. The fraction of sp³-hybridized carbons (Fsp3) is 0.267. The van der Waals surface area contributed by atoms with Gasteiger partial charge < -0.3 is 5.11 Å². The Hall–Kier alpha value is -2.55. The van der Waals surface area contributed by atoms with Crippen LogP contribution in [0.25, 0.3) is 11.3 Å². The number of carbonyl (C=O) groups is 1. The summed E-state index contributed by atoms with van der Waals surface area (Å²) < 4.78 is 53.3. The third-order valence-electron chi connectivity index (χ3n) is 3.59. The van der Waals surface area contributed by atoms with Gasteiger partial charge >= 0.3 is 6.18 Å². The normalized spacial score (nSPS) is 18.3. The molecule has 9 heteroatoms. The van der Waals surface area contributed by atoms with Gasteiger partial charge in [-0.25, -0.2) is 9.37 Å². The zero-order chi connectivity index (χ0) is 17.5. The second-order valence-electron chi connectivity index (χ2n) is 5.24. The van der Waals surface area contributed by atoms with Crippen molar-refractivity contribution in [2.45, 2.75) is 25.2 Å². The van der Waals surface area contributed by atoms with Crippen molar-refractivity contribution in [1.29, 1.82) is 0 Å². The molecule has 1 saturated heterocycles. The van der Waals surface area contributed by atoms with Gasteiger partial charge in [0.05, 0.1) is 17.6 Å². The number of alkyl halides is 3. The Labute approximate surface area is 133 Å². The largest absolute Gasteiger partial charge is 0.435 e. The quantitative estimate of drug-likeness (QED) is 0.853. The van der Waals surface area contributed by atoms with Crippen LogP contribution in [0.1, 0.15) is 18.5 Å². The first kappa shape index (κ1) is 16.3. The zero-order valence-electron chi connectivity index (χ0n) is 12.1. The Bertz CT molecular complexity index is 795. The highest BCUT2D eigenvalue weighted by Gasteiger charge is 2.41. The van der Waals surface area contributed by atoms with Crippen LogP contribution in [0.2, 0.25) is 0 Å². The van der Waals surface area contributed by atoms with E-state index in [0.717, 1.165) is 18.3 Å². The fourth-order valence-corrected chi connectivity index (χ4v) is 2.53. The third kappa shape index (κ3) is 2.94. The van der Waals surface area contributed by atoms with Crippen LogP contribution in [0.15, 0.2) is 30.6 Å². The van der Waals surface area contributed by atoms with E-state index in [1.807, 2.05) is 0 Å². The van der Waals surface area contributed by atoms with Gasteiger partial charge in [0.2, 0.25) is 5.91 Å². The van der Waals surface area contributed by atoms with Crippen molar-refractivity contribution in [2.24, 2.45) is 0 Å². The molecule has 1 atom stereocenters. The number of hydrogen-bond acceptors (Lipinski definition) is 4. The highest BCUT2D eigenvalue weighted by atomic mass is 19.4. The van der Waals surface area contributed by atoms with Crippen molar-refractivity contribution >= 4 is 11.6 Å². The lowest BCUT2D eigenvalue weighted by atomic mass is 10.1. The molecule has 2 aromatic rings. The smallest absolute Gasteiger partial charge is 0.373 e. The zero-order valence-corrected chi connectivity index (χ0v) is 12.1. The first-order valence-corrected chi connectivity index (χ1v) is 6.96. The van der Waals surface area contributed by atoms with Gasteiger partial charge in [-0.2, -0.15) is 13.2 Å². The number of aliphatic hydroxyl groups is 1. The number of pyridine rings is 2. The van der Waals surface area contributed by atoms with E-state index in [4.69, 9.17) is 0 Å². The van der Waals surface area contributed by atoms with Crippen molar-refractivity contribution in [3.8, 4) is 11.3 Å². The van der Waals surface area contributed by atoms with Crippen LogP contribution in [0.5, 0.6) is 0 Å². The van der Waals surface area contributed by atoms with Crippen molar-refractivity contribution < 1.29 is 27.5 Å². The molecule has 1 unspecified atom stereocenters. The van der Waals surface area contributed by atoms with Gasteiger partial charge in [-0.15, -0.1) is 0 Å². The van der Waals surface area contributed by atoms with Crippen LogP contribution in [0.4, 0.5) is 23.2 Å². The van der Waals surface area contributed by atoms with E-state index >= 15 is 0 Å². The molecule has 0 bridgehead atoms. The lowest BCUT2D eigenvalue weighted by molar-refractivity contribution is -0.140. The van der Waals surface area contributed by atoms with Gasteiger partial charge in [0.1, 0.15) is 12.0 Å². The topological polar surface area (TPSA) is 66.3 Å². The van der Waals surface area contributed by atoms with Gasteiger partial charge in [-0.05, 0) is 18.2 Å². The molecule has 5 nitrogen and oxygen atoms in total. The third-order valence-corrected chi connectivity index (χ3v) is 3.59. The molecule has 0 aromatic carbocycles. The number of amides is 1. The number of aromatic nitrogens is 2. The standard InChI is InChI=1S/C15H11F4N3O2/c16-9-5-8(6-20-7-9)10-1-2-11(14(21-10)15(17,18)19)22-12(23)3-4-13(22)24/h1-2,5-7,12,23H,3-4H2. The van der Waals surface area contributed by atoms with E-state index in [2.05, 4.69) is 9.97 Å². The molecule has 0 aliphatic carbocycles. The Morgan fingerprint density at radius 3 is 2.58 bits per heavy atom. The van der Waals surface area contributed by atoms with Crippen LogP contribution in [0.3, 0.4) is 0 Å². The predicted octanol–water partition coefficient (Wildman–Crippen LogP) is 2.75. The molecular weight excluding hydrogens is 330 g/mol. The minimum atomic E-state index is -4.85. The maximum atomic E-state index is 13.4. The second-order valence-corrected chi connectivity index (χ2v) is 5.24. The van der Waals surface area contributed by atoms with Crippen LogP contribution in [-0.2, 0) is 11.0 Å². The molecule has 0 saturated carbocycles. The Morgan fingerprint density at radius 2 is 2.00 bits per heavy atom. The maximum absolute atomic E-state index is 13.4. The average molecular weight is 341 g/mol. The number of rotatable bonds is 2. The molecule has 0 spiro atoms. The molecule has 1 aliphatic rings. The molecule has 1 fully saturated rings. The van der Waals surface area contributed by atoms with Crippen molar-refractivity contribution in [2.75, 3.05) is 4.90 Å². The van der Waals surface area contributed by atoms with E-state index < -0.39 is 35.5 Å². The van der Waals surface area contributed by atoms with Gasteiger partial charge in [0, 0.05) is 24.6 Å². The van der Waals surface area contributed by atoms with Crippen LogP contribution < -0.4 is 4.90 Å². The molecule has 126 valence electrons. The summed E-state index contributed by atoms with van der Waals surface area (Å²) in [7, 11) is 0. The highest BCUT2D eigenvalue weighted by Crippen LogP contribution is 2.39. The monoisotopic (exact) mass is 341 g/mol. The summed E-state index contributed by atoms with van der Waals surface area (Å²) in [6.45, 7) is 0. The summed E-state index contributed by atoms with van der Waals surface area (Å²) in [6, 6.07) is 3.27. The van der Waals surface area contributed by atoms with Crippen molar-refractivity contribution in [3.63, 3.8) is 0 Å². The lowest BCUT2D eigenvalue weighted by Crippen LogP contribution is -2.34. The van der Waals surface area contributed by atoms with Gasteiger partial charge in [-0.3, -0.25) is 14.7 Å². The van der Waals surface area contributed by atoms with Gasteiger partial charge in [0.15, 0.2) is 5.69 Å². The number of halogens is 4. The molecule has 0 radical (unpaired) electrons. The highest BCUT2D eigenvalue weighted by molar-refractivity contribution is 5.96. The second kappa shape index (κ2) is 5.82. The summed E-state index contributed by atoms with van der Waals surface area (Å²) in [5, 5.41) is 9.78. The number of hydrogen-bond donors (Lipinski definition) is 1. The van der Waals surface area contributed by atoms with E-state index in [1.165, 1.54) is 12.3 Å². The Balaban J connectivity index is 2.13. The number of nitrogens with zero attached hydrogens (tertiary/aromatic N) is 3. The molecule has 3 rings (SSSR count). The first-order valence-electron chi connectivity index (χ1n) is 6.96. The van der Waals surface area contributed by atoms with E-state index in [0.29, 0.717) is 4.90 Å².